The molecule has 5 nitrogen and oxygen atoms in total. The first-order valence-electron chi connectivity index (χ1n) is 7.42. The molecule has 0 saturated carbocycles. The fraction of sp³-hybridized carbons (Fsp3) is 0.562. The molecule has 1 heterocycles. The highest BCUT2D eigenvalue weighted by Crippen LogP contribution is 2.22. The monoisotopic (exact) mass is 292 g/mol. The highest BCUT2D eigenvalue weighted by molar-refractivity contribution is 5.75. The topological polar surface area (TPSA) is 53.0 Å². The second-order valence-corrected chi connectivity index (χ2v) is 5.54. The van der Waals surface area contributed by atoms with Gasteiger partial charge in [0.2, 0.25) is 0 Å². The Bertz CT molecular complexity index is 462. The van der Waals surface area contributed by atoms with Crippen molar-refractivity contribution in [1.29, 1.82) is 0 Å². The van der Waals surface area contributed by atoms with Crippen molar-refractivity contribution in [2.45, 2.75) is 13.8 Å². The van der Waals surface area contributed by atoms with Gasteiger partial charge >= 0.3 is 5.97 Å². The van der Waals surface area contributed by atoms with Crippen molar-refractivity contribution < 1.29 is 14.6 Å². The predicted octanol–water partition coefficient (Wildman–Crippen LogP) is 0.819. The van der Waals surface area contributed by atoms with Crippen LogP contribution in [0, 0.1) is 13.8 Å². The lowest BCUT2D eigenvalue weighted by Gasteiger charge is -2.33. The minimum atomic E-state index is -0.206. The van der Waals surface area contributed by atoms with Crippen LogP contribution in [0.25, 0.3) is 0 Å². The highest BCUT2D eigenvalue weighted by atomic mass is 16.5. The zero-order chi connectivity index (χ0) is 15.2. The smallest absolute Gasteiger partial charge is 0.325 e. The van der Waals surface area contributed by atoms with Crippen molar-refractivity contribution >= 4 is 5.97 Å². The first-order valence-corrected chi connectivity index (χ1v) is 7.42. The molecule has 0 unspecified atom stereocenters. The number of esters is 1. The predicted molar refractivity (Wildman–Crippen MR) is 81.5 cm³/mol. The van der Waals surface area contributed by atoms with E-state index in [0.29, 0.717) is 18.8 Å². The van der Waals surface area contributed by atoms with E-state index in [2.05, 4.69) is 9.80 Å². The molecule has 1 aliphatic rings. The van der Waals surface area contributed by atoms with Crippen molar-refractivity contribution in [3.05, 3.63) is 29.3 Å². The maximum Gasteiger partial charge on any atom is 0.325 e. The minimum Gasteiger partial charge on any atom is -0.425 e. The molecular weight excluding hydrogens is 268 g/mol. The number of piperazine rings is 1. The number of ether oxygens (including phenoxy) is 1. The molecule has 1 fully saturated rings. The van der Waals surface area contributed by atoms with Gasteiger partial charge in [0.15, 0.2) is 0 Å². The molecule has 0 atom stereocenters. The molecular formula is C16H24N2O3. The van der Waals surface area contributed by atoms with Gasteiger partial charge < -0.3 is 9.84 Å². The summed E-state index contributed by atoms with van der Waals surface area (Å²) in [7, 11) is 0. The van der Waals surface area contributed by atoms with Gasteiger partial charge in [-0.25, -0.2) is 0 Å². The normalized spacial score (nSPS) is 16.9. The number of hydrogen-bond donors (Lipinski definition) is 1. The number of carbonyl (C=O) groups is 1. The quantitative estimate of drug-likeness (QED) is 0.643. The molecule has 1 N–H and O–H groups in total. The van der Waals surface area contributed by atoms with Crippen molar-refractivity contribution in [2.24, 2.45) is 0 Å². The Morgan fingerprint density at radius 3 is 2.29 bits per heavy atom. The third kappa shape index (κ3) is 4.52. The SMILES string of the molecule is Cc1cccc(C)c1OC(=O)CN1CCN(CCO)CC1. The highest BCUT2D eigenvalue weighted by Gasteiger charge is 2.20. The fourth-order valence-corrected chi connectivity index (χ4v) is 2.60. The molecule has 0 spiro atoms. The molecule has 1 aromatic rings. The van der Waals surface area contributed by atoms with E-state index in [1.165, 1.54) is 0 Å². The van der Waals surface area contributed by atoms with E-state index in [4.69, 9.17) is 9.84 Å². The Kier molecular flexibility index (Phi) is 5.73. The third-order valence-electron chi connectivity index (χ3n) is 3.86. The van der Waals surface area contributed by atoms with Crippen LogP contribution in [0.3, 0.4) is 0 Å². The summed E-state index contributed by atoms with van der Waals surface area (Å²) < 4.78 is 5.52. The van der Waals surface area contributed by atoms with Crippen LogP contribution in [0.15, 0.2) is 18.2 Å². The van der Waals surface area contributed by atoms with Gasteiger partial charge in [0.25, 0.3) is 0 Å². The molecule has 5 heteroatoms. The van der Waals surface area contributed by atoms with Crippen molar-refractivity contribution in [1.82, 2.24) is 9.80 Å². The lowest BCUT2D eigenvalue weighted by atomic mass is 10.1. The maximum absolute atomic E-state index is 12.1. The number of aliphatic hydroxyl groups excluding tert-OH is 1. The zero-order valence-corrected chi connectivity index (χ0v) is 12.8. The van der Waals surface area contributed by atoms with Crippen LogP contribution in [0.2, 0.25) is 0 Å². The number of nitrogens with zero attached hydrogens (tertiary/aromatic N) is 2. The van der Waals surface area contributed by atoms with Crippen LogP contribution < -0.4 is 4.74 Å². The first-order chi connectivity index (χ1) is 10.1. The van der Waals surface area contributed by atoms with Gasteiger partial charge in [-0.2, -0.15) is 0 Å². The van der Waals surface area contributed by atoms with Gasteiger partial charge in [0.05, 0.1) is 13.2 Å². The number of aliphatic hydroxyl groups is 1. The maximum atomic E-state index is 12.1. The van der Waals surface area contributed by atoms with E-state index in [0.717, 1.165) is 37.3 Å². The van der Waals surface area contributed by atoms with Gasteiger partial charge in [0.1, 0.15) is 5.75 Å². The number of β-amino-alcohol motifs (C(OH)–C–C–N with tert-alkyl or cyclic N) is 1. The summed E-state index contributed by atoms with van der Waals surface area (Å²) >= 11 is 0. The molecule has 1 aromatic carbocycles. The fourth-order valence-electron chi connectivity index (χ4n) is 2.60. The Hall–Kier alpha value is -1.43. The van der Waals surface area contributed by atoms with E-state index in [1.54, 1.807) is 0 Å². The second-order valence-electron chi connectivity index (χ2n) is 5.54. The standard InChI is InChI=1S/C16H24N2O3/c1-13-4-3-5-14(2)16(13)21-15(20)12-18-8-6-17(7-9-18)10-11-19/h3-5,19H,6-12H2,1-2H3. The molecule has 2 rings (SSSR count). The lowest BCUT2D eigenvalue weighted by Crippen LogP contribution is -2.49. The van der Waals surface area contributed by atoms with Crippen LogP contribution in [0.4, 0.5) is 0 Å². The van der Waals surface area contributed by atoms with Crippen LogP contribution in [0.5, 0.6) is 5.75 Å². The van der Waals surface area contributed by atoms with E-state index in [1.807, 2.05) is 32.0 Å². The average Bonchev–Trinajstić information content (AvgIpc) is 2.45. The summed E-state index contributed by atoms with van der Waals surface area (Å²) in [5.41, 5.74) is 1.97. The van der Waals surface area contributed by atoms with Crippen LogP contribution in [-0.2, 0) is 4.79 Å². The largest absolute Gasteiger partial charge is 0.425 e. The molecule has 1 aliphatic heterocycles. The molecule has 0 aromatic heterocycles. The number of benzene rings is 1. The summed E-state index contributed by atoms with van der Waals surface area (Å²) in [5, 5.41) is 8.92. The van der Waals surface area contributed by atoms with Gasteiger partial charge in [-0.05, 0) is 25.0 Å². The van der Waals surface area contributed by atoms with Crippen LogP contribution in [-0.4, -0.2) is 66.8 Å². The van der Waals surface area contributed by atoms with Gasteiger partial charge in [-0.15, -0.1) is 0 Å². The van der Waals surface area contributed by atoms with Gasteiger partial charge in [-0.3, -0.25) is 14.6 Å². The van der Waals surface area contributed by atoms with Gasteiger partial charge in [-0.1, -0.05) is 18.2 Å². The average molecular weight is 292 g/mol. The number of para-hydroxylation sites is 1. The molecule has 0 radical (unpaired) electrons. The molecule has 0 aliphatic carbocycles. The van der Waals surface area contributed by atoms with Gasteiger partial charge in [0, 0.05) is 32.7 Å². The van der Waals surface area contributed by atoms with E-state index < -0.39 is 0 Å². The molecule has 21 heavy (non-hydrogen) atoms. The summed E-state index contributed by atoms with van der Waals surface area (Å²) in [5.74, 6) is 0.476. The summed E-state index contributed by atoms with van der Waals surface area (Å²) in [4.78, 5) is 16.4. The second kappa shape index (κ2) is 7.54. The van der Waals surface area contributed by atoms with Crippen LogP contribution in [0.1, 0.15) is 11.1 Å². The van der Waals surface area contributed by atoms with E-state index in [9.17, 15) is 4.79 Å². The summed E-state index contributed by atoms with van der Waals surface area (Å²) in [6.07, 6.45) is 0. The van der Waals surface area contributed by atoms with Crippen molar-refractivity contribution in [3.63, 3.8) is 0 Å². The Balaban J connectivity index is 1.83. The van der Waals surface area contributed by atoms with E-state index >= 15 is 0 Å². The number of rotatable bonds is 5. The molecule has 116 valence electrons. The summed E-state index contributed by atoms with van der Waals surface area (Å²) in [6, 6.07) is 5.86. The van der Waals surface area contributed by atoms with Crippen molar-refractivity contribution in [2.75, 3.05) is 45.9 Å². The number of carbonyl (C=O) groups excluding carboxylic acids is 1. The molecule has 0 amide bonds. The molecule has 0 bridgehead atoms. The Morgan fingerprint density at radius 1 is 1.14 bits per heavy atom. The zero-order valence-electron chi connectivity index (χ0n) is 12.8. The molecule has 1 saturated heterocycles. The van der Waals surface area contributed by atoms with Crippen LogP contribution >= 0.6 is 0 Å². The Labute approximate surface area is 126 Å². The van der Waals surface area contributed by atoms with Crippen molar-refractivity contribution in [3.8, 4) is 5.75 Å². The Morgan fingerprint density at radius 2 is 1.71 bits per heavy atom. The first kappa shape index (κ1) is 15.9. The third-order valence-corrected chi connectivity index (χ3v) is 3.86. The minimum absolute atomic E-state index is 0.189. The number of hydrogen-bond acceptors (Lipinski definition) is 5. The summed E-state index contributed by atoms with van der Waals surface area (Å²) in [6.45, 7) is 8.56. The number of aryl methyl sites for hydroxylation is 2. The van der Waals surface area contributed by atoms with E-state index in [-0.39, 0.29) is 12.6 Å². The lowest BCUT2D eigenvalue weighted by molar-refractivity contribution is -0.136.